The number of benzene rings is 3. The van der Waals surface area contributed by atoms with Gasteiger partial charge in [-0.2, -0.15) is 0 Å². The highest BCUT2D eigenvalue weighted by atomic mass is 79.9. The molecule has 0 saturated carbocycles. The van der Waals surface area contributed by atoms with Gasteiger partial charge < -0.3 is 9.84 Å². The van der Waals surface area contributed by atoms with E-state index in [2.05, 4.69) is 37.2 Å². The van der Waals surface area contributed by atoms with E-state index < -0.39 is 6.17 Å². The molecule has 0 fully saturated rings. The van der Waals surface area contributed by atoms with E-state index in [1.165, 1.54) is 6.07 Å². The lowest BCUT2D eigenvalue weighted by Gasteiger charge is -2.31. The van der Waals surface area contributed by atoms with E-state index in [1.807, 2.05) is 30.3 Å². The smallest absolute Gasteiger partial charge is 0.137 e. The summed E-state index contributed by atoms with van der Waals surface area (Å²) >= 11 is 6.74. The number of rotatable bonds is 4. The van der Waals surface area contributed by atoms with Crippen LogP contribution >= 0.6 is 31.9 Å². The quantitative estimate of drug-likeness (QED) is 0.414. The molecule has 2 unspecified atom stereocenters. The highest BCUT2D eigenvalue weighted by Gasteiger charge is 2.28. The summed E-state index contributed by atoms with van der Waals surface area (Å²) in [6.45, 7) is 0. The van der Waals surface area contributed by atoms with Crippen LogP contribution in [0.3, 0.4) is 0 Å². The number of ether oxygens (including phenoxy) is 1. The number of methoxy groups -OCH3 is 1. The Morgan fingerprint density at radius 1 is 1.10 bits per heavy atom. The van der Waals surface area contributed by atoms with Crippen LogP contribution in [0.15, 0.2) is 74.6 Å². The number of hydrogen-bond acceptors (Lipinski definition) is 4. The largest absolute Gasteiger partial charge is 0.508 e. The van der Waals surface area contributed by atoms with Crippen molar-refractivity contribution in [3.63, 3.8) is 0 Å². The second kappa shape index (κ2) is 8.88. The van der Waals surface area contributed by atoms with Gasteiger partial charge in [-0.1, -0.05) is 34.1 Å². The van der Waals surface area contributed by atoms with Gasteiger partial charge in [0.15, 0.2) is 0 Å². The number of nitrogens with zero attached hydrogens (tertiary/aromatic N) is 1. The van der Waals surface area contributed by atoms with Crippen LogP contribution in [0.2, 0.25) is 0 Å². The van der Waals surface area contributed by atoms with Crippen molar-refractivity contribution >= 4 is 37.6 Å². The van der Waals surface area contributed by atoms with Gasteiger partial charge in [0.1, 0.15) is 23.5 Å². The van der Waals surface area contributed by atoms with Gasteiger partial charge in [-0.3, -0.25) is 10.3 Å². The number of phenolic OH excluding ortho intramolecular Hbond substituents is 1. The second-order valence-electron chi connectivity index (χ2n) is 7.01. The summed E-state index contributed by atoms with van der Waals surface area (Å²) in [5.74, 6) is 0.631. The number of nitrogens with one attached hydrogen (secondary N) is 1. The Hall–Kier alpha value is -2.22. The van der Waals surface area contributed by atoms with E-state index in [-0.39, 0.29) is 17.6 Å². The molecule has 0 spiro atoms. The van der Waals surface area contributed by atoms with Crippen LogP contribution in [0.5, 0.6) is 11.5 Å². The van der Waals surface area contributed by atoms with Crippen molar-refractivity contribution < 1.29 is 14.2 Å². The third-order valence-corrected chi connectivity index (χ3v) is 6.17. The zero-order valence-electron chi connectivity index (χ0n) is 16.1. The zero-order valence-corrected chi connectivity index (χ0v) is 19.2. The Morgan fingerprint density at radius 3 is 2.70 bits per heavy atom. The lowest BCUT2D eigenvalue weighted by molar-refractivity contribution is 0.410. The van der Waals surface area contributed by atoms with Crippen molar-refractivity contribution in [1.82, 2.24) is 5.32 Å². The Kier molecular flexibility index (Phi) is 6.22. The predicted octanol–water partition coefficient (Wildman–Crippen LogP) is 6.29. The number of aromatic hydroxyl groups is 1. The summed E-state index contributed by atoms with van der Waals surface area (Å²) in [5, 5.41) is 14.0. The van der Waals surface area contributed by atoms with Crippen LogP contribution in [0.4, 0.5) is 4.39 Å². The summed E-state index contributed by atoms with van der Waals surface area (Å²) in [5.41, 5.74) is 3.41. The number of halogens is 3. The average molecular weight is 534 g/mol. The lowest BCUT2D eigenvalue weighted by Crippen LogP contribution is -2.33. The Bertz CT molecular complexity index is 1120. The summed E-state index contributed by atoms with van der Waals surface area (Å²) in [7, 11) is 1.63. The first-order valence-electron chi connectivity index (χ1n) is 9.35. The molecule has 1 heterocycles. The molecule has 0 aliphatic carbocycles. The zero-order chi connectivity index (χ0) is 21.3. The molecule has 3 aromatic carbocycles. The van der Waals surface area contributed by atoms with E-state index >= 15 is 0 Å². The standard InChI is InChI=1S/C23H19Br2FN2O2/c1-30-16-4-2-3-13(9-16)20-12-21(17-11-15(24)6-8-22(17)29)28-23(27-20)14-5-7-19(26)18(25)10-14/h2-11,21,23,28-29H,12H2,1H3. The number of aliphatic imine (C=N–C) groups is 1. The lowest BCUT2D eigenvalue weighted by atomic mass is 9.93. The third-order valence-electron chi connectivity index (χ3n) is 5.07. The van der Waals surface area contributed by atoms with Crippen molar-refractivity contribution in [1.29, 1.82) is 0 Å². The average Bonchev–Trinajstić information content (AvgIpc) is 2.77. The third kappa shape index (κ3) is 4.43. The molecule has 0 aromatic heterocycles. The van der Waals surface area contributed by atoms with Crippen molar-refractivity contribution in [2.45, 2.75) is 18.6 Å². The van der Waals surface area contributed by atoms with Crippen LogP contribution in [0, 0.1) is 5.82 Å². The van der Waals surface area contributed by atoms with Crippen LogP contribution < -0.4 is 10.1 Å². The molecule has 30 heavy (non-hydrogen) atoms. The fourth-order valence-electron chi connectivity index (χ4n) is 3.54. The molecule has 2 N–H and O–H groups in total. The van der Waals surface area contributed by atoms with Crippen molar-refractivity contribution in [2.24, 2.45) is 4.99 Å². The van der Waals surface area contributed by atoms with Gasteiger partial charge in [-0.05, 0) is 69.5 Å². The number of phenols is 1. The van der Waals surface area contributed by atoms with E-state index in [4.69, 9.17) is 9.73 Å². The van der Waals surface area contributed by atoms with E-state index in [1.54, 1.807) is 31.4 Å². The normalized spacial score (nSPS) is 18.7. The molecule has 2 atom stereocenters. The first-order valence-corrected chi connectivity index (χ1v) is 10.9. The molecule has 4 nitrogen and oxygen atoms in total. The summed E-state index contributed by atoms with van der Waals surface area (Å²) in [6, 6.07) is 17.8. The van der Waals surface area contributed by atoms with Gasteiger partial charge in [0.25, 0.3) is 0 Å². The first-order chi connectivity index (χ1) is 14.4. The monoisotopic (exact) mass is 532 g/mol. The molecule has 0 saturated heterocycles. The molecular weight excluding hydrogens is 515 g/mol. The SMILES string of the molecule is COc1cccc(C2=NC(c3ccc(F)c(Br)c3)NC(c3cc(Br)ccc3O)C2)c1. The highest BCUT2D eigenvalue weighted by Crippen LogP contribution is 2.36. The maximum atomic E-state index is 13.8. The summed E-state index contributed by atoms with van der Waals surface area (Å²) in [4.78, 5) is 4.91. The molecule has 0 amide bonds. The van der Waals surface area contributed by atoms with Gasteiger partial charge >= 0.3 is 0 Å². The Morgan fingerprint density at radius 2 is 1.93 bits per heavy atom. The van der Waals surface area contributed by atoms with Crippen LogP contribution in [-0.4, -0.2) is 17.9 Å². The fraction of sp³-hybridized carbons (Fsp3) is 0.174. The topological polar surface area (TPSA) is 53.8 Å². The van der Waals surface area contributed by atoms with Gasteiger partial charge in [0.05, 0.1) is 11.6 Å². The van der Waals surface area contributed by atoms with Gasteiger partial charge in [0.2, 0.25) is 0 Å². The van der Waals surface area contributed by atoms with Crippen LogP contribution in [0.25, 0.3) is 0 Å². The van der Waals surface area contributed by atoms with E-state index in [0.717, 1.165) is 32.6 Å². The molecular formula is C23H19Br2FN2O2. The van der Waals surface area contributed by atoms with Gasteiger partial charge in [-0.15, -0.1) is 0 Å². The fourth-order valence-corrected chi connectivity index (χ4v) is 4.32. The molecule has 1 aliphatic rings. The van der Waals surface area contributed by atoms with Gasteiger partial charge in [-0.25, -0.2) is 4.39 Å². The molecule has 7 heteroatoms. The van der Waals surface area contributed by atoms with Crippen molar-refractivity contribution in [2.75, 3.05) is 7.11 Å². The predicted molar refractivity (Wildman–Crippen MR) is 123 cm³/mol. The van der Waals surface area contributed by atoms with Crippen LogP contribution in [-0.2, 0) is 0 Å². The second-order valence-corrected chi connectivity index (χ2v) is 8.78. The van der Waals surface area contributed by atoms with Crippen molar-refractivity contribution in [3.8, 4) is 11.5 Å². The van der Waals surface area contributed by atoms with E-state index in [0.29, 0.717) is 10.9 Å². The number of hydrogen-bond donors (Lipinski definition) is 2. The minimum Gasteiger partial charge on any atom is -0.508 e. The molecule has 3 aromatic rings. The molecule has 1 aliphatic heterocycles. The van der Waals surface area contributed by atoms with Crippen molar-refractivity contribution in [3.05, 3.63) is 92.1 Å². The molecule has 0 bridgehead atoms. The molecule has 0 radical (unpaired) electrons. The molecule has 154 valence electrons. The first kappa shape index (κ1) is 21.0. The van der Waals surface area contributed by atoms with E-state index in [9.17, 15) is 9.50 Å². The Balaban J connectivity index is 1.79. The molecule has 4 rings (SSSR count). The van der Waals surface area contributed by atoms with Crippen LogP contribution in [0.1, 0.15) is 35.3 Å². The Labute approximate surface area is 191 Å². The maximum Gasteiger partial charge on any atom is 0.137 e. The van der Waals surface area contributed by atoms with Gasteiger partial charge in [0, 0.05) is 28.2 Å². The minimum absolute atomic E-state index is 0.185. The summed E-state index contributed by atoms with van der Waals surface area (Å²) < 4.78 is 20.4. The highest BCUT2D eigenvalue weighted by molar-refractivity contribution is 9.10. The maximum absolute atomic E-state index is 13.8. The minimum atomic E-state index is -0.403. The summed E-state index contributed by atoms with van der Waals surface area (Å²) in [6.07, 6.45) is 0.177.